The number of rotatable bonds is 5. The maximum Gasteiger partial charge on any atom is 0.306 e. The molecule has 6 nitrogen and oxygen atoms in total. The molecule has 6 heteroatoms. The first-order valence-corrected chi connectivity index (χ1v) is 6.56. The van der Waals surface area contributed by atoms with Crippen LogP contribution >= 0.6 is 0 Å². The zero-order valence-corrected chi connectivity index (χ0v) is 11.2. The highest BCUT2D eigenvalue weighted by Crippen LogP contribution is 2.28. The molecular formula is C13H19N3O3. The summed E-state index contributed by atoms with van der Waals surface area (Å²) < 4.78 is 5.37. The molecule has 1 fully saturated rings. The van der Waals surface area contributed by atoms with Crippen molar-refractivity contribution in [2.45, 2.75) is 39.2 Å². The van der Waals surface area contributed by atoms with Crippen LogP contribution in [-0.4, -0.2) is 33.7 Å². The van der Waals surface area contributed by atoms with E-state index in [9.17, 15) is 4.79 Å². The lowest BCUT2D eigenvalue weighted by molar-refractivity contribution is -0.141. The molecule has 0 unspecified atom stereocenters. The van der Waals surface area contributed by atoms with Gasteiger partial charge in [0.2, 0.25) is 5.88 Å². The van der Waals surface area contributed by atoms with Crippen LogP contribution in [0.25, 0.3) is 0 Å². The number of anilines is 1. The second-order valence-corrected chi connectivity index (χ2v) is 4.76. The number of hydrogen-bond donors (Lipinski definition) is 2. The smallest absolute Gasteiger partial charge is 0.306 e. The fourth-order valence-electron chi connectivity index (χ4n) is 2.38. The van der Waals surface area contributed by atoms with Crippen LogP contribution < -0.4 is 10.1 Å². The van der Waals surface area contributed by atoms with Gasteiger partial charge in [-0.05, 0) is 33.1 Å². The van der Waals surface area contributed by atoms with Crippen molar-refractivity contribution in [3.05, 3.63) is 11.9 Å². The first-order chi connectivity index (χ1) is 9.08. The number of hydrogen-bond acceptors (Lipinski definition) is 5. The standard InChI is InChI=1S/C13H19N3O3/c1-3-19-12-7-11(14-8(2)15-12)16-10-5-4-9(6-10)13(17)18/h7,9-10H,3-6H2,1-2H3,(H,17,18)(H,14,15,16)/t9-,10+/m1/s1. The van der Waals surface area contributed by atoms with Gasteiger partial charge in [0.15, 0.2) is 0 Å². The first kappa shape index (κ1) is 13.6. The number of ether oxygens (including phenoxy) is 1. The topological polar surface area (TPSA) is 84.3 Å². The summed E-state index contributed by atoms with van der Waals surface area (Å²) in [5, 5.41) is 12.3. The van der Waals surface area contributed by atoms with Crippen molar-refractivity contribution in [1.82, 2.24) is 9.97 Å². The first-order valence-electron chi connectivity index (χ1n) is 6.56. The Morgan fingerprint density at radius 2 is 2.32 bits per heavy atom. The number of nitrogens with zero attached hydrogens (tertiary/aromatic N) is 2. The minimum Gasteiger partial charge on any atom is -0.481 e. The van der Waals surface area contributed by atoms with E-state index >= 15 is 0 Å². The molecule has 2 atom stereocenters. The number of carboxylic acids is 1. The van der Waals surface area contributed by atoms with Gasteiger partial charge in [0.05, 0.1) is 12.5 Å². The predicted octanol–water partition coefficient (Wildman–Crippen LogP) is 1.85. The molecule has 19 heavy (non-hydrogen) atoms. The SMILES string of the molecule is CCOc1cc(N[C@H]2CC[C@@H](C(=O)O)C2)nc(C)n1. The molecule has 1 saturated carbocycles. The van der Waals surface area contributed by atoms with Gasteiger partial charge >= 0.3 is 5.97 Å². The lowest BCUT2D eigenvalue weighted by Gasteiger charge is -2.14. The summed E-state index contributed by atoms with van der Waals surface area (Å²) in [6.45, 7) is 4.27. The molecule has 1 aliphatic rings. The van der Waals surface area contributed by atoms with Gasteiger partial charge in [-0.1, -0.05) is 0 Å². The van der Waals surface area contributed by atoms with Gasteiger partial charge in [-0.15, -0.1) is 0 Å². The minimum atomic E-state index is -0.710. The summed E-state index contributed by atoms with van der Waals surface area (Å²) in [6, 6.07) is 1.91. The van der Waals surface area contributed by atoms with Crippen LogP contribution in [0.5, 0.6) is 5.88 Å². The Morgan fingerprint density at radius 1 is 1.53 bits per heavy atom. The van der Waals surface area contributed by atoms with Crippen molar-refractivity contribution in [3.8, 4) is 5.88 Å². The third kappa shape index (κ3) is 3.56. The maximum atomic E-state index is 10.9. The fraction of sp³-hybridized carbons (Fsp3) is 0.615. The summed E-state index contributed by atoms with van der Waals surface area (Å²) in [7, 11) is 0. The van der Waals surface area contributed by atoms with Gasteiger partial charge in [0, 0.05) is 12.1 Å². The van der Waals surface area contributed by atoms with Crippen LogP contribution in [0, 0.1) is 12.8 Å². The Balaban J connectivity index is 2.01. The van der Waals surface area contributed by atoms with Crippen LogP contribution in [0.1, 0.15) is 32.0 Å². The summed E-state index contributed by atoms with van der Waals surface area (Å²) >= 11 is 0. The van der Waals surface area contributed by atoms with Crippen LogP contribution in [0.15, 0.2) is 6.07 Å². The molecule has 2 rings (SSSR count). The fourth-order valence-corrected chi connectivity index (χ4v) is 2.38. The second-order valence-electron chi connectivity index (χ2n) is 4.76. The molecule has 0 radical (unpaired) electrons. The zero-order valence-electron chi connectivity index (χ0n) is 11.2. The van der Waals surface area contributed by atoms with Crippen molar-refractivity contribution < 1.29 is 14.6 Å². The van der Waals surface area contributed by atoms with Crippen molar-refractivity contribution >= 4 is 11.8 Å². The van der Waals surface area contributed by atoms with Crippen LogP contribution in [0.2, 0.25) is 0 Å². The van der Waals surface area contributed by atoms with Gasteiger partial charge in [0.1, 0.15) is 11.6 Å². The number of nitrogens with one attached hydrogen (secondary N) is 1. The molecule has 0 bridgehead atoms. The average Bonchev–Trinajstić information content (AvgIpc) is 2.77. The number of aromatic nitrogens is 2. The normalized spacial score (nSPS) is 22.2. The Kier molecular flexibility index (Phi) is 4.19. The van der Waals surface area contributed by atoms with E-state index in [2.05, 4.69) is 15.3 Å². The van der Waals surface area contributed by atoms with Crippen LogP contribution in [-0.2, 0) is 4.79 Å². The van der Waals surface area contributed by atoms with Gasteiger partial charge < -0.3 is 15.2 Å². The largest absolute Gasteiger partial charge is 0.481 e. The quantitative estimate of drug-likeness (QED) is 0.845. The Labute approximate surface area is 112 Å². The number of aliphatic carboxylic acids is 1. The van der Waals surface area contributed by atoms with Gasteiger partial charge in [-0.25, -0.2) is 4.98 Å². The van der Waals surface area contributed by atoms with Crippen molar-refractivity contribution in [3.63, 3.8) is 0 Å². The van der Waals surface area contributed by atoms with Crippen molar-refractivity contribution in [2.24, 2.45) is 5.92 Å². The highest BCUT2D eigenvalue weighted by Gasteiger charge is 2.29. The zero-order chi connectivity index (χ0) is 13.8. The number of carboxylic acid groups (broad SMARTS) is 1. The van der Waals surface area contributed by atoms with Crippen molar-refractivity contribution in [1.29, 1.82) is 0 Å². The Morgan fingerprint density at radius 3 is 2.95 bits per heavy atom. The molecule has 2 N–H and O–H groups in total. The Hall–Kier alpha value is -1.85. The van der Waals surface area contributed by atoms with E-state index in [4.69, 9.17) is 9.84 Å². The van der Waals surface area contributed by atoms with Gasteiger partial charge in [-0.3, -0.25) is 4.79 Å². The Bertz CT molecular complexity index is 464. The predicted molar refractivity (Wildman–Crippen MR) is 70.3 cm³/mol. The minimum absolute atomic E-state index is 0.157. The molecule has 1 aliphatic carbocycles. The average molecular weight is 265 g/mol. The molecule has 0 saturated heterocycles. The third-order valence-corrected chi connectivity index (χ3v) is 3.24. The van der Waals surface area contributed by atoms with Gasteiger partial charge in [-0.2, -0.15) is 4.98 Å². The van der Waals surface area contributed by atoms with E-state index in [-0.39, 0.29) is 12.0 Å². The molecule has 104 valence electrons. The number of aryl methyl sites for hydroxylation is 1. The third-order valence-electron chi connectivity index (χ3n) is 3.24. The van der Waals surface area contributed by atoms with Gasteiger partial charge in [0.25, 0.3) is 0 Å². The monoisotopic (exact) mass is 265 g/mol. The van der Waals surface area contributed by atoms with Crippen LogP contribution in [0.3, 0.4) is 0 Å². The van der Waals surface area contributed by atoms with E-state index in [0.717, 1.165) is 12.8 Å². The molecule has 0 aliphatic heterocycles. The summed E-state index contributed by atoms with van der Waals surface area (Å²) in [6.07, 6.45) is 2.21. The lowest BCUT2D eigenvalue weighted by atomic mass is 10.1. The molecule has 0 amide bonds. The van der Waals surface area contributed by atoms with E-state index in [1.807, 2.05) is 13.8 Å². The highest BCUT2D eigenvalue weighted by atomic mass is 16.5. The van der Waals surface area contributed by atoms with E-state index in [1.165, 1.54) is 0 Å². The summed E-state index contributed by atoms with van der Waals surface area (Å²) in [4.78, 5) is 19.4. The molecular weight excluding hydrogens is 246 g/mol. The molecule has 0 aromatic carbocycles. The molecule has 1 aromatic heterocycles. The van der Waals surface area contributed by atoms with Crippen LogP contribution in [0.4, 0.5) is 5.82 Å². The van der Waals surface area contributed by atoms with Crippen molar-refractivity contribution in [2.75, 3.05) is 11.9 Å². The van der Waals surface area contributed by atoms with E-state index in [1.54, 1.807) is 6.07 Å². The summed E-state index contributed by atoms with van der Waals surface area (Å²) in [5.74, 6) is 0.934. The molecule has 1 aromatic rings. The maximum absolute atomic E-state index is 10.9. The lowest BCUT2D eigenvalue weighted by Crippen LogP contribution is -2.19. The molecule has 1 heterocycles. The highest BCUT2D eigenvalue weighted by molar-refractivity contribution is 5.70. The second kappa shape index (κ2) is 5.86. The summed E-state index contributed by atoms with van der Waals surface area (Å²) in [5.41, 5.74) is 0. The van der Waals surface area contributed by atoms with E-state index < -0.39 is 5.97 Å². The number of carbonyl (C=O) groups is 1. The van der Waals surface area contributed by atoms with E-state index in [0.29, 0.717) is 30.5 Å². The molecule has 0 spiro atoms.